The van der Waals surface area contributed by atoms with Gasteiger partial charge in [0.1, 0.15) is 0 Å². The number of aryl methyl sites for hydroxylation is 1. The summed E-state index contributed by atoms with van der Waals surface area (Å²) < 4.78 is 24.6. The summed E-state index contributed by atoms with van der Waals surface area (Å²) in [6.45, 7) is 1.89. The number of hydrogen-bond acceptors (Lipinski definition) is 0. The third-order valence-corrected chi connectivity index (χ3v) is 4.78. The van der Waals surface area contributed by atoms with E-state index >= 15 is 0 Å². The minimum absolute atomic E-state index is 0.311. The Labute approximate surface area is 68.9 Å². The van der Waals surface area contributed by atoms with Crippen molar-refractivity contribution in [1.82, 2.24) is 0 Å². The van der Waals surface area contributed by atoms with Crippen LogP contribution in [0.5, 0.6) is 0 Å². The van der Waals surface area contributed by atoms with Crippen LogP contribution < -0.4 is 3.12 Å². The molecule has 10 heavy (non-hydrogen) atoms. The summed E-state index contributed by atoms with van der Waals surface area (Å²) in [5, 5.41) is 0. The molecule has 0 saturated heterocycles. The van der Waals surface area contributed by atoms with E-state index in [1.165, 1.54) is 0 Å². The summed E-state index contributed by atoms with van der Waals surface area (Å²) >= 11 is -4.27. The molecule has 0 bridgehead atoms. The molecule has 0 atom stereocenters. The monoisotopic (exact) mass is 334 g/mol. The van der Waals surface area contributed by atoms with Crippen molar-refractivity contribution in [3.8, 4) is 0 Å². The number of benzene rings is 1. The second-order valence-electron chi connectivity index (χ2n) is 2.21. The van der Waals surface area contributed by atoms with Crippen LogP contribution in [0.3, 0.4) is 0 Å². The molecule has 0 fully saturated rings. The van der Waals surface area contributed by atoms with Gasteiger partial charge in [0.2, 0.25) is 0 Å². The first-order valence-electron chi connectivity index (χ1n) is 3.05. The van der Waals surface area contributed by atoms with E-state index in [-0.39, 0.29) is 0 Å². The van der Waals surface area contributed by atoms with Gasteiger partial charge in [-0.05, 0) is 0 Å². The van der Waals surface area contributed by atoms with Gasteiger partial charge in [0.25, 0.3) is 0 Å². The molecule has 52 valence electrons. The van der Waals surface area contributed by atoms with Crippen LogP contribution in [0.1, 0.15) is 5.56 Å². The summed E-state index contributed by atoms with van der Waals surface area (Å²) in [6, 6.07) is 6.56. The summed E-state index contributed by atoms with van der Waals surface area (Å²) in [6.07, 6.45) is 0. The summed E-state index contributed by atoms with van der Waals surface area (Å²) in [4.78, 5) is 0. The molecular weight excluding hydrogens is 326 g/mol. The minimum atomic E-state index is -4.27. The Morgan fingerprint density at radius 2 is 1.60 bits per heavy atom. The standard InChI is InChI=1S/C7H7.2FH.Tl/c1-7-5-3-2-4-6-7;;;/h3-6H,1H3;2*1H;/q;;;+2/p-2. The molecule has 0 radical (unpaired) electrons. The summed E-state index contributed by atoms with van der Waals surface area (Å²) in [7, 11) is 0. The molecule has 0 amide bonds. The maximum atomic E-state index is 12.1. The van der Waals surface area contributed by atoms with Crippen LogP contribution in [0.2, 0.25) is 0 Å². The number of hydrogen-bond donors (Lipinski definition) is 0. The van der Waals surface area contributed by atoms with Crippen LogP contribution in [-0.2, 0) is 0 Å². The van der Waals surface area contributed by atoms with E-state index in [1.807, 2.05) is 6.92 Å². The van der Waals surface area contributed by atoms with Crippen molar-refractivity contribution in [3.05, 3.63) is 29.8 Å². The van der Waals surface area contributed by atoms with Gasteiger partial charge in [-0.25, -0.2) is 0 Å². The van der Waals surface area contributed by atoms with Gasteiger partial charge in [-0.1, -0.05) is 0 Å². The Balaban J connectivity index is 2.89. The van der Waals surface area contributed by atoms with Crippen LogP contribution in [0, 0.1) is 6.92 Å². The Bertz CT molecular complexity index is 205. The average molecular weight is 334 g/mol. The zero-order chi connectivity index (χ0) is 7.56. The van der Waals surface area contributed by atoms with Gasteiger partial charge < -0.3 is 0 Å². The predicted octanol–water partition coefficient (Wildman–Crippen LogP) is 1.63. The zero-order valence-electron chi connectivity index (χ0n) is 5.64. The van der Waals surface area contributed by atoms with Crippen LogP contribution in [-0.4, -0.2) is 24.0 Å². The molecule has 0 heterocycles. The third kappa shape index (κ3) is 2.00. The topological polar surface area (TPSA) is 0 Å². The Morgan fingerprint density at radius 1 is 1.10 bits per heavy atom. The van der Waals surface area contributed by atoms with Gasteiger partial charge in [-0.2, -0.15) is 0 Å². The van der Waals surface area contributed by atoms with E-state index in [4.69, 9.17) is 0 Å². The van der Waals surface area contributed by atoms with Crippen LogP contribution in [0.15, 0.2) is 24.3 Å². The fourth-order valence-electron chi connectivity index (χ4n) is 0.712. The third-order valence-electron chi connectivity index (χ3n) is 1.33. The molecule has 0 aliphatic heterocycles. The first kappa shape index (κ1) is 8.10. The molecule has 0 aromatic heterocycles. The first-order chi connectivity index (χ1) is 4.70. The average Bonchev–Trinajstić information content (AvgIpc) is 1.88. The Morgan fingerprint density at radius 3 is 2.00 bits per heavy atom. The normalized spacial score (nSPS) is 9.50. The van der Waals surface area contributed by atoms with Gasteiger partial charge in [-0.3, -0.25) is 0 Å². The zero-order valence-corrected chi connectivity index (χ0v) is 10.1. The molecule has 0 aliphatic rings. The molecule has 0 unspecified atom stereocenters. The maximum absolute atomic E-state index is 12.1. The SMILES string of the molecule is Cc1cc[c]([Tl]([F])[F])cc1. The molecule has 0 nitrogen and oxygen atoms in total. The van der Waals surface area contributed by atoms with Gasteiger partial charge in [0, 0.05) is 0 Å². The number of halogens is 2. The van der Waals surface area contributed by atoms with Crippen LogP contribution >= 0.6 is 0 Å². The summed E-state index contributed by atoms with van der Waals surface area (Å²) in [5.41, 5.74) is 1.04. The van der Waals surface area contributed by atoms with E-state index in [2.05, 4.69) is 0 Å². The molecule has 0 saturated carbocycles. The molecule has 0 aliphatic carbocycles. The van der Waals surface area contributed by atoms with E-state index in [0.29, 0.717) is 3.12 Å². The van der Waals surface area contributed by atoms with Crippen molar-refractivity contribution in [2.45, 2.75) is 6.92 Å². The van der Waals surface area contributed by atoms with Crippen LogP contribution in [0.25, 0.3) is 0 Å². The van der Waals surface area contributed by atoms with E-state index in [9.17, 15) is 5.02 Å². The van der Waals surface area contributed by atoms with Gasteiger partial charge in [0.15, 0.2) is 0 Å². The Hall–Kier alpha value is 0.00208. The van der Waals surface area contributed by atoms with Gasteiger partial charge in [0.05, 0.1) is 0 Å². The van der Waals surface area contributed by atoms with E-state index in [0.717, 1.165) is 5.56 Å². The number of rotatable bonds is 1. The van der Waals surface area contributed by atoms with Crippen molar-refractivity contribution in [2.75, 3.05) is 0 Å². The van der Waals surface area contributed by atoms with Crippen molar-refractivity contribution in [3.63, 3.8) is 0 Å². The first-order valence-corrected chi connectivity index (χ1v) is 8.68. The van der Waals surface area contributed by atoms with E-state index in [1.54, 1.807) is 24.3 Å². The fourth-order valence-corrected chi connectivity index (χ4v) is 2.59. The molecule has 3 heteroatoms. The second kappa shape index (κ2) is 3.41. The van der Waals surface area contributed by atoms with Gasteiger partial charge >= 0.3 is 68.9 Å². The molecule has 1 aromatic rings. The van der Waals surface area contributed by atoms with Crippen molar-refractivity contribution in [2.24, 2.45) is 0 Å². The second-order valence-corrected chi connectivity index (χ2v) is 7.14. The fraction of sp³-hybridized carbons (Fsp3) is 0.143. The Kier molecular flexibility index (Phi) is 2.76. The predicted molar refractivity (Wildman–Crippen MR) is 38.8 cm³/mol. The molecular formula is C7H7F2Tl. The summed E-state index contributed by atoms with van der Waals surface area (Å²) in [5.74, 6) is 0. The van der Waals surface area contributed by atoms with Crippen molar-refractivity contribution < 1.29 is 5.02 Å². The van der Waals surface area contributed by atoms with Gasteiger partial charge in [-0.15, -0.1) is 0 Å². The van der Waals surface area contributed by atoms with Crippen molar-refractivity contribution in [1.29, 1.82) is 0 Å². The quantitative estimate of drug-likeness (QED) is 0.685. The van der Waals surface area contributed by atoms with Crippen molar-refractivity contribution >= 4 is 27.1 Å². The molecule has 0 N–H and O–H groups in total. The molecule has 1 rings (SSSR count). The van der Waals surface area contributed by atoms with E-state index < -0.39 is 24.0 Å². The molecule has 0 spiro atoms. The van der Waals surface area contributed by atoms with Crippen LogP contribution in [0.4, 0.5) is 5.02 Å². The molecule has 1 aromatic carbocycles.